The van der Waals surface area contributed by atoms with Crippen molar-refractivity contribution in [3.8, 4) is 0 Å². The summed E-state index contributed by atoms with van der Waals surface area (Å²) in [6.45, 7) is 5.90. The first-order chi connectivity index (χ1) is 10.0. The Kier molecular flexibility index (Phi) is 4.25. The van der Waals surface area contributed by atoms with Crippen molar-refractivity contribution in [2.45, 2.75) is 32.2 Å². The van der Waals surface area contributed by atoms with E-state index in [2.05, 4.69) is 5.32 Å². The molecule has 7 heteroatoms. The summed E-state index contributed by atoms with van der Waals surface area (Å²) in [6, 6.07) is -0.451. The second-order valence-corrected chi connectivity index (χ2v) is 8.55. The molecule has 3 heterocycles. The first-order valence-corrected chi connectivity index (χ1v) is 9.63. The van der Waals surface area contributed by atoms with Gasteiger partial charge in [0.05, 0.1) is 5.75 Å². The predicted octanol–water partition coefficient (Wildman–Crippen LogP) is -0.132. The number of carbonyl (C=O) groups is 1. The van der Waals surface area contributed by atoms with E-state index in [4.69, 9.17) is 0 Å². The van der Waals surface area contributed by atoms with Gasteiger partial charge in [0.15, 0.2) is 0 Å². The molecule has 3 atom stereocenters. The van der Waals surface area contributed by atoms with E-state index in [1.807, 2.05) is 11.8 Å². The monoisotopic (exact) mass is 315 g/mol. The van der Waals surface area contributed by atoms with Crippen LogP contribution >= 0.6 is 0 Å². The van der Waals surface area contributed by atoms with Crippen molar-refractivity contribution in [1.29, 1.82) is 0 Å². The standard InChI is InChI=1S/C14H25N3O3S/c1-2-6-21(19,20)17-5-3-4-13(17)14(18)16-9-11-7-15-8-12(11)10-16/h11-13,15H,2-10H2,1H3/t11-,12+,13?. The fourth-order valence-electron chi connectivity index (χ4n) is 3.94. The van der Waals surface area contributed by atoms with Crippen LogP contribution in [-0.2, 0) is 14.8 Å². The van der Waals surface area contributed by atoms with Gasteiger partial charge in [0.25, 0.3) is 0 Å². The molecule has 1 amide bonds. The Bertz CT molecular complexity index is 496. The van der Waals surface area contributed by atoms with Crippen LogP contribution in [0.4, 0.5) is 0 Å². The second kappa shape index (κ2) is 5.85. The van der Waals surface area contributed by atoms with Crippen molar-refractivity contribution in [1.82, 2.24) is 14.5 Å². The van der Waals surface area contributed by atoms with Crippen molar-refractivity contribution >= 4 is 15.9 Å². The van der Waals surface area contributed by atoms with Gasteiger partial charge in [-0.05, 0) is 31.1 Å². The van der Waals surface area contributed by atoms with Crippen LogP contribution in [0.25, 0.3) is 0 Å². The van der Waals surface area contributed by atoms with Gasteiger partial charge in [-0.3, -0.25) is 4.79 Å². The molecular formula is C14H25N3O3S. The normalized spacial score (nSPS) is 33.6. The lowest BCUT2D eigenvalue weighted by molar-refractivity contribution is -0.133. The average Bonchev–Trinajstić information content (AvgIpc) is 3.12. The van der Waals surface area contributed by atoms with Crippen molar-refractivity contribution in [3.05, 3.63) is 0 Å². The highest BCUT2D eigenvalue weighted by atomic mass is 32.2. The molecule has 0 aromatic rings. The van der Waals surface area contributed by atoms with Crippen LogP contribution < -0.4 is 5.32 Å². The number of hydrogen-bond donors (Lipinski definition) is 1. The van der Waals surface area contributed by atoms with Gasteiger partial charge in [-0.25, -0.2) is 8.42 Å². The number of sulfonamides is 1. The summed E-state index contributed by atoms with van der Waals surface area (Å²) in [5, 5.41) is 3.36. The van der Waals surface area contributed by atoms with E-state index in [1.54, 1.807) is 0 Å². The smallest absolute Gasteiger partial charge is 0.241 e. The first-order valence-electron chi connectivity index (χ1n) is 8.02. The van der Waals surface area contributed by atoms with Crippen LogP contribution in [0.5, 0.6) is 0 Å². The maximum absolute atomic E-state index is 12.7. The fourth-order valence-corrected chi connectivity index (χ4v) is 5.68. The number of rotatable bonds is 4. The van der Waals surface area contributed by atoms with Crippen LogP contribution in [0.1, 0.15) is 26.2 Å². The molecule has 0 bridgehead atoms. The lowest BCUT2D eigenvalue weighted by atomic mass is 10.0. The second-order valence-electron chi connectivity index (χ2n) is 6.51. The van der Waals surface area contributed by atoms with Gasteiger partial charge < -0.3 is 10.2 Å². The van der Waals surface area contributed by atoms with Gasteiger partial charge in [0, 0.05) is 32.7 Å². The minimum absolute atomic E-state index is 0.0292. The number of fused-ring (bicyclic) bond motifs is 1. The van der Waals surface area contributed by atoms with E-state index < -0.39 is 16.1 Å². The van der Waals surface area contributed by atoms with Gasteiger partial charge >= 0.3 is 0 Å². The summed E-state index contributed by atoms with van der Waals surface area (Å²) in [7, 11) is -3.28. The summed E-state index contributed by atoms with van der Waals surface area (Å²) >= 11 is 0. The molecule has 6 nitrogen and oxygen atoms in total. The Labute approximate surface area is 126 Å². The van der Waals surface area contributed by atoms with E-state index >= 15 is 0 Å². The molecule has 0 aromatic carbocycles. The topological polar surface area (TPSA) is 69.7 Å². The highest BCUT2D eigenvalue weighted by Gasteiger charge is 2.44. The summed E-state index contributed by atoms with van der Waals surface area (Å²) < 4.78 is 26.1. The SMILES string of the molecule is CCCS(=O)(=O)N1CCCC1C(=O)N1C[C@H]2CNC[C@H]2C1. The Hall–Kier alpha value is -0.660. The molecule has 1 N–H and O–H groups in total. The van der Waals surface area contributed by atoms with Crippen molar-refractivity contribution in [3.63, 3.8) is 0 Å². The van der Waals surface area contributed by atoms with Gasteiger partial charge in [0.1, 0.15) is 6.04 Å². The van der Waals surface area contributed by atoms with Crippen LogP contribution in [0.3, 0.4) is 0 Å². The van der Waals surface area contributed by atoms with Crippen LogP contribution in [0.15, 0.2) is 0 Å². The Morgan fingerprint density at radius 3 is 2.52 bits per heavy atom. The number of amides is 1. The maximum Gasteiger partial charge on any atom is 0.241 e. The van der Waals surface area contributed by atoms with Crippen molar-refractivity contribution < 1.29 is 13.2 Å². The molecule has 0 radical (unpaired) electrons. The predicted molar refractivity (Wildman–Crippen MR) is 80.2 cm³/mol. The highest BCUT2D eigenvalue weighted by molar-refractivity contribution is 7.89. The zero-order chi connectivity index (χ0) is 15.0. The third-order valence-corrected chi connectivity index (χ3v) is 7.09. The fraction of sp³-hybridized carbons (Fsp3) is 0.929. The molecule has 3 rings (SSSR count). The molecule has 3 saturated heterocycles. The van der Waals surface area contributed by atoms with Gasteiger partial charge in [-0.15, -0.1) is 0 Å². The Morgan fingerprint density at radius 2 is 1.90 bits per heavy atom. The van der Waals surface area contributed by atoms with E-state index in [1.165, 1.54) is 4.31 Å². The Morgan fingerprint density at radius 1 is 1.24 bits per heavy atom. The average molecular weight is 315 g/mol. The number of nitrogens with zero attached hydrogens (tertiary/aromatic N) is 2. The third-order valence-electron chi connectivity index (χ3n) is 5.01. The molecule has 1 unspecified atom stereocenters. The lowest BCUT2D eigenvalue weighted by Gasteiger charge is -2.27. The molecule has 120 valence electrons. The molecule has 3 fully saturated rings. The first kappa shape index (κ1) is 15.2. The number of nitrogens with one attached hydrogen (secondary N) is 1. The minimum Gasteiger partial charge on any atom is -0.341 e. The highest BCUT2D eigenvalue weighted by Crippen LogP contribution is 2.30. The van der Waals surface area contributed by atoms with Crippen LogP contribution in [-0.4, -0.2) is 68.0 Å². The molecule has 0 spiro atoms. The quantitative estimate of drug-likeness (QED) is 0.784. The van der Waals surface area contributed by atoms with Gasteiger partial charge in [-0.1, -0.05) is 6.92 Å². The van der Waals surface area contributed by atoms with E-state index in [-0.39, 0.29) is 11.7 Å². The summed E-state index contributed by atoms with van der Waals surface area (Å²) in [4.78, 5) is 14.6. The molecule has 21 heavy (non-hydrogen) atoms. The van der Waals surface area contributed by atoms with Gasteiger partial charge in [0.2, 0.25) is 15.9 Å². The third kappa shape index (κ3) is 2.83. The molecule has 0 aromatic heterocycles. The molecule has 3 aliphatic heterocycles. The molecule has 0 saturated carbocycles. The van der Waals surface area contributed by atoms with Crippen molar-refractivity contribution in [2.24, 2.45) is 11.8 Å². The van der Waals surface area contributed by atoms with Crippen LogP contribution in [0.2, 0.25) is 0 Å². The number of likely N-dealkylation sites (tertiary alicyclic amines) is 1. The summed E-state index contributed by atoms with van der Waals surface area (Å²) in [5.74, 6) is 1.28. The Balaban J connectivity index is 1.69. The zero-order valence-corrected chi connectivity index (χ0v) is 13.4. The molecule has 0 aliphatic carbocycles. The van der Waals surface area contributed by atoms with Crippen molar-refractivity contribution in [2.75, 3.05) is 38.5 Å². The summed E-state index contributed by atoms with van der Waals surface area (Å²) in [6.07, 6.45) is 2.06. The largest absolute Gasteiger partial charge is 0.341 e. The van der Waals surface area contributed by atoms with E-state index in [0.717, 1.165) is 32.6 Å². The van der Waals surface area contributed by atoms with E-state index in [0.29, 0.717) is 31.2 Å². The summed E-state index contributed by atoms with van der Waals surface area (Å²) in [5.41, 5.74) is 0. The lowest BCUT2D eigenvalue weighted by Crippen LogP contribution is -2.48. The number of carbonyl (C=O) groups excluding carboxylic acids is 1. The molecular weight excluding hydrogens is 290 g/mol. The minimum atomic E-state index is -3.28. The maximum atomic E-state index is 12.7. The zero-order valence-electron chi connectivity index (χ0n) is 12.6. The van der Waals surface area contributed by atoms with Gasteiger partial charge in [-0.2, -0.15) is 4.31 Å². The van der Waals surface area contributed by atoms with E-state index in [9.17, 15) is 13.2 Å². The molecule has 3 aliphatic rings. The number of hydrogen-bond acceptors (Lipinski definition) is 4. The van der Waals surface area contributed by atoms with Crippen LogP contribution in [0, 0.1) is 11.8 Å².